The molecule has 0 saturated carbocycles. The van der Waals surface area contributed by atoms with Crippen LogP contribution in [0.5, 0.6) is 5.75 Å². The number of nitrogens with zero attached hydrogens (tertiary/aromatic N) is 1. The number of carbonyl (C=O) groups excluding carboxylic acids is 1. The van der Waals surface area contributed by atoms with Crippen molar-refractivity contribution in [3.8, 4) is 5.75 Å². The van der Waals surface area contributed by atoms with E-state index in [-0.39, 0.29) is 5.91 Å². The predicted octanol–water partition coefficient (Wildman–Crippen LogP) is 1.74. The summed E-state index contributed by atoms with van der Waals surface area (Å²) in [6, 6.07) is 7.15. The summed E-state index contributed by atoms with van der Waals surface area (Å²) in [6.07, 6.45) is 0.762. The van der Waals surface area contributed by atoms with Gasteiger partial charge in [-0.3, -0.25) is 9.89 Å². The molecule has 3 rings (SSSR count). The minimum atomic E-state index is -0.238. The summed E-state index contributed by atoms with van der Waals surface area (Å²) in [5.74, 6) is 0.506. The summed E-state index contributed by atoms with van der Waals surface area (Å²) < 4.78 is 10.4. The lowest BCUT2D eigenvalue weighted by molar-refractivity contribution is 0.0985. The fourth-order valence-corrected chi connectivity index (χ4v) is 2.16. The van der Waals surface area contributed by atoms with Crippen LogP contribution in [0, 0.1) is 0 Å². The Morgan fingerprint density at radius 2 is 2.20 bits per heavy atom. The third-order valence-corrected chi connectivity index (χ3v) is 3.26. The number of rotatable bonds is 3. The Kier molecular flexibility index (Phi) is 3.39. The first-order valence-corrected chi connectivity index (χ1v) is 6.37. The smallest absolute Gasteiger partial charge is 0.276 e. The third-order valence-electron chi connectivity index (χ3n) is 3.26. The third kappa shape index (κ3) is 2.37. The maximum atomic E-state index is 12.2. The molecule has 1 aromatic carbocycles. The number of H-pyrrole nitrogens is 1. The number of hydrogen-bond acceptors (Lipinski definition) is 4. The van der Waals surface area contributed by atoms with Crippen molar-refractivity contribution in [2.45, 2.75) is 13.0 Å². The summed E-state index contributed by atoms with van der Waals surface area (Å²) in [5.41, 5.74) is 2.93. The lowest BCUT2D eigenvalue weighted by Gasteiger charge is -2.12. The van der Waals surface area contributed by atoms with Crippen molar-refractivity contribution in [3.63, 3.8) is 0 Å². The molecule has 0 saturated heterocycles. The van der Waals surface area contributed by atoms with Gasteiger partial charge >= 0.3 is 0 Å². The number of hydrogen-bond donors (Lipinski definition) is 2. The molecule has 0 atom stereocenters. The molecule has 1 aromatic heterocycles. The maximum Gasteiger partial charge on any atom is 0.276 e. The van der Waals surface area contributed by atoms with Crippen LogP contribution in [0.15, 0.2) is 24.3 Å². The Labute approximate surface area is 116 Å². The molecule has 0 bridgehead atoms. The van der Waals surface area contributed by atoms with Crippen LogP contribution in [0.4, 0.5) is 5.69 Å². The Morgan fingerprint density at radius 3 is 2.95 bits per heavy atom. The summed E-state index contributed by atoms with van der Waals surface area (Å²) in [7, 11) is 1.60. The molecule has 2 N–H and O–H groups in total. The van der Waals surface area contributed by atoms with Gasteiger partial charge in [0.05, 0.1) is 20.3 Å². The van der Waals surface area contributed by atoms with Crippen molar-refractivity contribution in [1.82, 2.24) is 10.2 Å². The van der Waals surface area contributed by atoms with Gasteiger partial charge in [-0.05, 0) is 24.3 Å². The highest BCUT2D eigenvalue weighted by molar-refractivity contribution is 6.04. The largest absolute Gasteiger partial charge is 0.497 e. The number of nitrogens with one attached hydrogen (secondary N) is 2. The van der Waals surface area contributed by atoms with E-state index in [4.69, 9.17) is 9.47 Å². The van der Waals surface area contributed by atoms with E-state index in [1.807, 2.05) is 0 Å². The van der Waals surface area contributed by atoms with Crippen molar-refractivity contribution < 1.29 is 14.3 Å². The zero-order valence-corrected chi connectivity index (χ0v) is 11.1. The molecule has 2 heterocycles. The topological polar surface area (TPSA) is 76.2 Å². The zero-order chi connectivity index (χ0) is 13.9. The van der Waals surface area contributed by atoms with Gasteiger partial charge in [-0.25, -0.2) is 0 Å². The SMILES string of the molecule is COc1ccc(NC(=O)c2n[nH]c3c2COCC3)cc1. The van der Waals surface area contributed by atoms with E-state index in [1.165, 1.54) is 0 Å². The Hall–Kier alpha value is -2.34. The van der Waals surface area contributed by atoms with E-state index in [1.54, 1.807) is 31.4 Å². The molecule has 0 radical (unpaired) electrons. The average Bonchev–Trinajstić information content (AvgIpc) is 2.92. The lowest BCUT2D eigenvalue weighted by atomic mass is 10.1. The molecule has 1 aliphatic rings. The molecule has 0 fully saturated rings. The van der Waals surface area contributed by atoms with Crippen LogP contribution >= 0.6 is 0 Å². The minimum absolute atomic E-state index is 0.238. The van der Waals surface area contributed by atoms with Crippen molar-refractivity contribution >= 4 is 11.6 Å². The van der Waals surface area contributed by atoms with Gasteiger partial charge in [-0.15, -0.1) is 0 Å². The van der Waals surface area contributed by atoms with Gasteiger partial charge in [-0.2, -0.15) is 5.10 Å². The normalized spacial score (nSPS) is 13.7. The molecular formula is C14H15N3O3. The molecule has 104 valence electrons. The van der Waals surface area contributed by atoms with Gasteiger partial charge in [0.1, 0.15) is 5.75 Å². The molecule has 6 heteroatoms. The fraction of sp³-hybridized carbons (Fsp3) is 0.286. The second kappa shape index (κ2) is 5.34. The summed E-state index contributed by atoms with van der Waals surface area (Å²) in [5, 5.41) is 9.80. The van der Waals surface area contributed by atoms with Gasteiger partial charge in [-0.1, -0.05) is 0 Å². The van der Waals surface area contributed by atoms with Crippen molar-refractivity contribution in [2.75, 3.05) is 19.0 Å². The molecule has 6 nitrogen and oxygen atoms in total. The monoisotopic (exact) mass is 273 g/mol. The first kappa shape index (κ1) is 12.7. The van der Waals surface area contributed by atoms with Crippen LogP contribution < -0.4 is 10.1 Å². The quantitative estimate of drug-likeness (QED) is 0.893. The molecule has 0 spiro atoms. The highest BCUT2D eigenvalue weighted by Gasteiger charge is 2.22. The summed E-state index contributed by atoms with van der Waals surface area (Å²) >= 11 is 0. The van der Waals surface area contributed by atoms with Gasteiger partial charge in [0.25, 0.3) is 5.91 Å². The number of amides is 1. The molecule has 0 unspecified atom stereocenters. The second-order valence-electron chi connectivity index (χ2n) is 4.51. The number of aromatic amines is 1. The van der Waals surface area contributed by atoms with Gasteiger partial charge in [0.15, 0.2) is 5.69 Å². The van der Waals surface area contributed by atoms with Gasteiger partial charge in [0, 0.05) is 23.4 Å². The van der Waals surface area contributed by atoms with Crippen LogP contribution in [0.1, 0.15) is 21.7 Å². The first-order valence-electron chi connectivity index (χ1n) is 6.37. The highest BCUT2D eigenvalue weighted by Crippen LogP contribution is 2.20. The summed E-state index contributed by atoms with van der Waals surface area (Å²) in [6.45, 7) is 1.09. The summed E-state index contributed by atoms with van der Waals surface area (Å²) in [4.78, 5) is 12.2. The predicted molar refractivity (Wildman–Crippen MR) is 72.9 cm³/mol. The van der Waals surface area contributed by atoms with E-state index >= 15 is 0 Å². The molecular weight excluding hydrogens is 258 g/mol. The van der Waals surface area contributed by atoms with Crippen LogP contribution in [0.3, 0.4) is 0 Å². The van der Waals surface area contributed by atoms with E-state index in [2.05, 4.69) is 15.5 Å². The average molecular weight is 273 g/mol. The van der Waals surface area contributed by atoms with Crippen LogP contribution in [0.2, 0.25) is 0 Å². The van der Waals surface area contributed by atoms with Crippen molar-refractivity contribution in [3.05, 3.63) is 41.2 Å². The number of aromatic nitrogens is 2. The van der Waals surface area contributed by atoms with Gasteiger partial charge in [0.2, 0.25) is 0 Å². The van der Waals surface area contributed by atoms with Crippen LogP contribution in [-0.4, -0.2) is 29.8 Å². The zero-order valence-electron chi connectivity index (χ0n) is 11.1. The van der Waals surface area contributed by atoms with E-state index < -0.39 is 0 Å². The number of fused-ring (bicyclic) bond motifs is 1. The standard InChI is InChI=1S/C14H15N3O3/c1-19-10-4-2-9(3-5-10)15-14(18)13-11-8-20-7-6-12(11)16-17-13/h2-5H,6-8H2,1H3,(H,15,18)(H,16,17). The Bertz CT molecular complexity index is 619. The molecule has 0 aliphatic carbocycles. The molecule has 1 aliphatic heterocycles. The number of anilines is 1. The maximum absolute atomic E-state index is 12.2. The number of methoxy groups -OCH3 is 1. The van der Waals surface area contributed by atoms with E-state index in [9.17, 15) is 4.79 Å². The van der Waals surface area contributed by atoms with E-state index in [0.717, 1.165) is 23.4 Å². The molecule has 20 heavy (non-hydrogen) atoms. The fourth-order valence-electron chi connectivity index (χ4n) is 2.16. The van der Waals surface area contributed by atoms with E-state index in [0.29, 0.717) is 24.6 Å². The van der Waals surface area contributed by atoms with Crippen LogP contribution in [0.25, 0.3) is 0 Å². The van der Waals surface area contributed by atoms with Gasteiger partial charge < -0.3 is 14.8 Å². The lowest BCUT2D eigenvalue weighted by Crippen LogP contribution is -2.17. The minimum Gasteiger partial charge on any atom is -0.497 e. The Balaban J connectivity index is 1.77. The Morgan fingerprint density at radius 1 is 1.40 bits per heavy atom. The van der Waals surface area contributed by atoms with Crippen molar-refractivity contribution in [2.24, 2.45) is 0 Å². The van der Waals surface area contributed by atoms with Crippen LogP contribution in [-0.2, 0) is 17.8 Å². The van der Waals surface area contributed by atoms with Crippen molar-refractivity contribution in [1.29, 1.82) is 0 Å². The number of benzene rings is 1. The number of ether oxygens (including phenoxy) is 2. The molecule has 1 amide bonds. The number of carbonyl (C=O) groups is 1. The molecule has 2 aromatic rings. The highest BCUT2D eigenvalue weighted by atomic mass is 16.5. The second-order valence-corrected chi connectivity index (χ2v) is 4.51. The first-order chi connectivity index (χ1) is 9.78.